The van der Waals surface area contributed by atoms with Gasteiger partial charge in [0.05, 0.1) is 5.56 Å². The number of aromatic hydroxyl groups is 1. The molecular formula is C16H22FNO2. The van der Waals surface area contributed by atoms with Crippen molar-refractivity contribution in [1.29, 1.82) is 0 Å². The molecule has 1 saturated heterocycles. The quantitative estimate of drug-likeness (QED) is 0.901. The van der Waals surface area contributed by atoms with Gasteiger partial charge in [0, 0.05) is 19.2 Å². The number of halogens is 1. The van der Waals surface area contributed by atoms with Gasteiger partial charge < -0.3 is 10.0 Å². The molecule has 0 aliphatic carbocycles. The molecule has 3 nitrogen and oxygen atoms in total. The molecule has 1 N–H and O–H groups in total. The summed E-state index contributed by atoms with van der Waals surface area (Å²) >= 11 is 0. The number of carbonyl (C=O) groups is 1. The number of phenols is 1. The van der Waals surface area contributed by atoms with E-state index >= 15 is 0 Å². The molecule has 1 fully saturated rings. The Labute approximate surface area is 119 Å². The van der Waals surface area contributed by atoms with E-state index in [0.29, 0.717) is 24.9 Å². The van der Waals surface area contributed by atoms with Crippen LogP contribution in [0.1, 0.15) is 43.5 Å². The minimum Gasteiger partial charge on any atom is -0.508 e. The third-order valence-corrected chi connectivity index (χ3v) is 4.19. The van der Waals surface area contributed by atoms with Gasteiger partial charge >= 0.3 is 0 Å². The number of likely N-dealkylation sites (tertiary alicyclic amines) is 1. The molecule has 0 radical (unpaired) electrons. The largest absolute Gasteiger partial charge is 0.508 e. The average Bonchev–Trinajstić information content (AvgIpc) is 2.63. The summed E-state index contributed by atoms with van der Waals surface area (Å²) in [6.45, 7) is 5.79. The van der Waals surface area contributed by atoms with Crippen LogP contribution in [0.5, 0.6) is 5.75 Å². The second kappa shape index (κ2) is 6.25. The van der Waals surface area contributed by atoms with E-state index in [2.05, 4.69) is 13.8 Å². The van der Waals surface area contributed by atoms with Crippen LogP contribution in [-0.2, 0) is 0 Å². The number of nitrogens with zero attached hydrogens (tertiary/aromatic N) is 1. The van der Waals surface area contributed by atoms with Gasteiger partial charge in [-0.15, -0.1) is 0 Å². The zero-order valence-electron chi connectivity index (χ0n) is 12.1. The Bertz CT molecular complexity index is 487. The van der Waals surface area contributed by atoms with Crippen LogP contribution >= 0.6 is 0 Å². The molecule has 1 aliphatic rings. The van der Waals surface area contributed by atoms with E-state index in [0.717, 1.165) is 25.3 Å². The molecule has 1 unspecified atom stereocenters. The van der Waals surface area contributed by atoms with Gasteiger partial charge in [-0.3, -0.25) is 4.79 Å². The minimum atomic E-state index is -0.653. The Kier molecular flexibility index (Phi) is 4.63. The van der Waals surface area contributed by atoms with Crippen LogP contribution in [0.15, 0.2) is 18.2 Å². The van der Waals surface area contributed by atoms with Crippen LogP contribution in [0.2, 0.25) is 0 Å². The van der Waals surface area contributed by atoms with Crippen molar-refractivity contribution in [3.63, 3.8) is 0 Å². The number of carbonyl (C=O) groups excluding carboxylic acids is 1. The van der Waals surface area contributed by atoms with Gasteiger partial charge in [-0.25, -0.2) is 4.39 Å². The van der Waals surface area contributed by atoms with E-state index in [9.17, 15) is 14.3 Å². The summed E-state index contributed by atoms with van der Waals surface area (Å²) in [4.78, 5) is 14.1. The van der Waals surface area contributed by atoms with Gasteiger partial charge in [-0.2, -0.15) is 0 Å². The van der Waals surface area contributed by atoms with Crippen molar-refractivity contribution in [3.8, 4) is 5.75 Å². The van der Waals surface area contributed by atoms with Crippen LogP contribution in [0, 0.1) is 17.7 Å². The summed E-state index contributed by atoms with van der Waals surface area (Å²) in [7, 11) is 0. The molecule has 1 amide bonds. The van der Waals surface area contributed by atoms with Crippen LogP contribution in [0.3, 0.4) is 0 Å². The highest BCUT2D eigenvalue weighted by atomic mass is 19.1. The number of hydrogen-bond donors (Lipinski definition) is 1. The molecule has 0 bridgehead atoms. The summed E-state index contributed by atoms with van der Waals surface area (Å²) in [5.41, 5.74) is 0.0470. The zero-order chi connectivity index (χ0) is 14.7. The topological polar surface area (TPSA) is 40.5 Å². The summed E-state index contributed by atoms with van der Waals surface area (Å²) in [5, 5.41) is 9.21. The molecule has 2 rings (SSSR count). The van der Waals surface area contributed by atoms with E-state index in [1.54, 1.807) is 4.90 Å². The molecule has 20 heavy (non-hydrogen) atoms. The van der Waals surface area contributed by atoms with E-state index in [1.165, 1.54) is 12.1 Å². The van der Waals surface area contributed by atoms with Crippen molar-refractivity contribution in [1.82, 2.24) is 4.90 Å². The Morgan fingerprint density at radius 1 is 1.35 bits per heavy atom. The second-order valence-electron chi connectivity index (χ2n) is 5.89. The van der Waals surface area contributed by atoms with Gasteiger partial charge in [0.25, 0.3) is 5.91 Å². The first-order chi connectivity index (χ1) is 9.49. The molecule has 4 heteroatoms. The lowest BCUT2D eigenvalue weighted by Gasteiger charge is -2.22. The van der Waals surface area contributed by atoms with Gasteiger partial charge in [0.2, 0.25) is 0 Å². The van der Waals surface area contributed by atoms with Crippen LogP contribution < -0.4 is 0 Å². The predicted octanol–water partition coefficient (Wildman–Crippen LogP) is 3.43. The van der Waals surface area contributed by atoms with Gasteiger partial charge in [0.1, 0.15) is 11.6 Å². The second-order valence-corrected chi connectivity index (χ2v) is 5.89. The van der Waals surface area contributed by atoms with Crippen molar-refractivity contribution in [2.24, 2.45) is 11.8 Å². The van der Waals surface area contributed by atoms with Gasteiger partial charge in [-0.1, -0.05) is 13.8 Å². The normalized spacial score (nSPS) is 20.0. The van der Waals surface area contributed by atoms with E-state index in [-0.39, 0.29) is 17.2 Å². The van der Waals surface area contributed by atoms with Crippen molar-refractivity contribution >= 4 is 5.91 Å². The molecular weight excluding hydrogens is 257 g/mol. The van der Waals surface area contributed by atoms with Crippen molar-refractivity contribution in [2.75, 3.05) is 13.1 Å². The predicted molar refractivity (Wildman–Crippen MR) is 76.1 cm³/mol. The van der Waals surface area contributed by atoms with Crippen LogP contribution in [0.25, 0.3) is 0 Å². The molecule has 1 heterocycles. The smallest absolute Gasteiger partial charge is 0.256 e. The number of hydrogen-bond acceptors (Lipinski definition) is 2. The fourth-order valence-corrected chi connectivity index (χ4v) is 2.84. The third kappa shape index (κ3) is 3.30. The molecule has 1 aromatic rings. The first kappa shape index (κ1) is 14.8. The number of rotatable bonds is 2. The summed E-state index contributed by atoms with van der Waals surface area (Å²) in [6.07, 6.45) is 3.07. The molecule has 1 atom stereocenters. The summed E-state index contributed by atoms with van der Waals surface area (Å²) in [6, 6.07) is 3.70. The average molecular weight is 279 g/mol. The highest BCUT2D eigenvalue weighted by molar-refractivity contribution is 5.94. The van der Waals surface area contributed by atoms with Crippen LogP contribution in [0.4, 0.5) is 4.39 Å². The van der Waals surface area contributed by atoms with Gasteiger partial charge in [0.15, 0.2) is 0 Å². The van der Waals surface area contributed by atoms with E-state index in [4.69, 9.17) is 0 Å². The molecule has 0 aromatic heterocycles. The molecule has 0 spiro atoms. The Morgan fingerprint density at radius 2 is 2.10 bits per heavy atom. The molecule has 110 valence electrons. The number of amides is 1. The summed E-state index contributed by atoms with van der Waals surface area (Å²) < 4.78 is 13.8. The maximum Gasteiger partial charge on any atom is 0.256 e. The standard InChI is InChI=1S/C16H22FNO2/c1-11(2)12-4-3-8-18(9-7-12)16(20)14-6-5-13(19)10-15(14)17/h5-6,10-12,19H,3-4,7-9H2,1-2H3. The lowest BCUT2D eigenvalue weighted by molar-refractivity contribution is 0.0754. The van der Waals surface area contributed by atoms with Gasteiger partial charge in [-0.05, 0) is 43.2 Å². The first-order valence-corrected chi connectivity index (χ1v) is 7.27. The molecule has 1 aliphatic heterocycles. The fourth-order valence-electron chi connectivity index (χ4n) is 2.84. The monoisotopic (exact) mass is 279 g/mol. The van der Waals surface area contributed by atoms with Crippen molar-refractivity contribution in [3.05, 3.63) is 29.6 Å². The van der Waals surface area contributed by atoms with E-state index in [1.807, 2.05) is 0 Å². The van der Waals surface area contributed by atoms with Crippen molar-refractivity contribution < 1.29 is 14.3 Å². The zero-order valence-corrected chi connectivity index (χ0v) is 12.1. The van der Waals surface area contributed by atoms with Crippen LogP contribution in [-0.4, -0.2) is 29.0 Å². The lowest BCUT2D eigenvalue weighted by Crippen LogP contribution is -2.32. The Hall–Kier alpha value is -1.58. The van der Waals surface area contributed by atoms with E-state index < -0.39 is 5.82 Å². The minimum absolute atomic E-state index is 0.0470. The number of benzene rings is 1. The highest BCUT2D eigenvalue weighted by Gasteiger charge is 2.24. The number of phenolic OH excluding ortho intramolecular Hbond substituents is 1. The SMILES string of the molecule is CC(C)C1CCCN(C(=O)c2ccc(O)cc2F)CC1. The lowest BCUT2D eigenvalue weighted by atomic mass is 9.89. The van der Waals surface area contributed by atoms with Crippen molar-refractivity contribution in [2.45, 2.75) is 33.1 Å². The Morgan fingerprint density at radius 3 is 2.75 bits per heavy atom. The maximum atomic E-state index is 13.8. The molecule has 1 aromatic carbocycles. The summed E-state index contributed by atoms with van der Waals surface area (Å²) in [5.74, 6) is 0.175. The Balaban J connectivity index is 2.09. The third-order valence-electron chi connectivity index (χ3n) is 4.19. The highest BCUT2D eigenvalue weighted by Crippen LogP contribution is 2.26. The molecule has 0 saturated carbocycles. The first-order valence-electron chi connectivity index (χ1n) is 7.27. The fraction of sp³-hybridized carbons (Fsp3) is 0.562. The maximum absolute atomic E-state index is 13.8.